The average Bonchev–Trinajstić information content (AvgIpc) is 3.01. The van der Waals surface area contributed by atoms with Crippen molar-refractivity contribution in [3.8, 4) is 0 Å². The smallest absolute Gasteiger partial charge is 0.326 e. The van der Waals surface area contributed by atoms with Crippen molar-refractivity contribution in [2.45, 2.75) is 19.0 Å². The zero-order valence-corrected chi connectivity index (χ0v) is 15.5. The van der Waals surface area contributed by atoms with Crippen LogP contribution in [0.25, 0.3) is 10.9 Å². The molecule has 27 heavy (non-hydrogen) atoms. The number of aliphatic carboxylic acids is 1. The van der Waals surface area contributed by atoms with Gasteiger partial charge in [0.15, 0.2) is 0 Å². The number of hydrogen-bond donors (Lipinski definition) is 3. The Bertz CT molecular complexity index is 1060. The van der Waals surface area contributed by atoms with E-state index in [4.69, 9.17) is 23.2 Å². The average molecular weight is 404 g/mol. The van der Waals surface area contributed by atoms with E-state index in [0.29, 0.717) is 15.7 Å². The Kier molecular flexibility index (Phi) is 4.45. The lowest BCUT2D eigenvalue weighted by Crippen LogP contribution is -2.50. The lowest BCUT2D eigenvalue weighted by Gasteiger charge is -2.33. The molecule has 138 valence electrons. The number of aromatic nitrogens is 1. The quantitative estimate of drug-likeness (QED) is 0.587. The van der Waals surface area contributed by atoms with Crippen LogP contribution in [0.1, 0.15) is 11.3 Å². The van der Waals surface area contributed by atoms with Gasteiger partial charge in [-0.05, 0) is 29.8 Å². The first-order valence-electron chi connectivity index (χ1n) is 8.28. The highest BCUT2D eigenvalue weighted by atomic mass is 35.5. The third-order valence-corrected chi connectivity index (χ3v) is 5.46. The molecule has 2 aromatic carbocycles. The number of amides is 2. The zero-order chi connectivity index (χ0) is 19.1. The molecule has 0 saturated carbocycles. The molecule has 3 aromatic rings. The third-order valence-electron chi connectivity index (χ3n) is 4.72. The summed E-state index contributed by atoms with van der Waals surface area (Å²) in [5, 5.41) is 14.0. The number of carbonyl (C=O) groups excluding carboxylic acids is 1. The molecule has 3 N–H and O–H groups in total. The molecular weight excluding hydrogens is 389 g/mol. The van der Waals surface area contributed by atoms with E-state index < -0.39 is 18.0 Å². The number of nitrogens with zero attached hydrogens (tertiary/aromatic N) is 1. The van der Waals surface area contributed by atoms with Crippen LogP contribution in [-0.4, -0.2) is 33.0 Å². The van der Waals surface area contributed by atoms with E-state index in [-0.39, 0.29) is 13.0 Å². The number of rotatable bonds is 2. The maximum atomic E-state index is 12.8. The van der Waals surface area contributed by atoms with Gasteiger partial charge in [0.2, 0.25) is 0 Å². The largest absolute Gasteiger partial charge is 0.480 e. The molecule has 0 bridgehead atoms. The fourth-order valence-corrected chi connectivity index (χ4v) is 3.71. The van der Waals surface area contributed by atoms with Crippen LogP contribution in [0.4, 0.5) is 10.5 Å². The number of urea groups is 1. The van der Waals surface area contributed by atoms with Crippen molar-refractivity contribution < 1.29 is 14.7 Å². The Labute approximate surface area is 164 Å². The predicted octanol–water partition coefficient (Wildman–Crippen LogP) is 4.52. The standard InChI is InChI=1S/C19H15Cl2N3O3/c20-13-6-5-10(7-14(13)21)22-19(27)24-9-16-12(8-17(24)18(25)26)11-3-1-2-4-15(11)23-16/h1-7,17,23H,8-9H2,(H,22,27)(H,25,26). The number of nitrogens with one attached hydrogen (secondary N) is 2. The molecule has 1 atom stereocenters. The number of carbonyl (C=O) groups is 2. The minimum atomic E-state index is -1.05. The first kappa shape index (κ1) is 17.7. The number of carboxylic acid groups (broad SMARTS) is 1. The molecule has 1 aliphatic heterocycles. The van der Waals surface area contributed by atoms with Gasteiger partial charge in [-0.1, -0.05) is 41.4 Å². The fourth-order valence-electron chi connectivity index (χ4n) is 3.41. The number of carboxylic acids is 1. The van der Waals surface area contributed by atoms with Crippen molar-refractivity contribution in [3.63, 3.8) is 0 Å². The van der Waals surface area contributed by atoms with Crippen molar-refractivity contribution >= 4 is 51.8 Å². The highest BCUT2D eigenvalue weighted by Gasteiger charge is 2.36. The maximum absolute atomic E-state index is 12.8. The van der Waals surface area contributed by atoms with Crippen LogP contribution < -0.4 is 5.32 Å². The Morgan fingerprint density at radius 1 is 1.15 bits per heavy atom. The van der Waals surface area contributed by atoms with Gasteiger partial charge in [-0.15, -0.1) is 0 Å². The molecule has 0 aliphatic carbocycles. The molecule has 6 nitrogen and oxygen atoms in total. The second kappa shape index (κ2) is 6.79. The summed E-state index contributed by atoms with van der Waals surface area (Å²) in [6, 6.07) is 10.9. The lowest BCUT2D eigenvalue weighted by atomic mass is 9.97. The van der Waals surface area contributed by atoms with Gasteiger partial charge in [-0.25, -0.2) is 9.59 Å². The van der Waals surface area contributed by atoms with E-state index in [1.807, 2.05) is 24.3 Å². The van der Waals surface area contributed by atoms with Gasteiger partial charge in [-0.3, -0.25) is 0 Å². The van der Waals surface area contributed by atoms with Crippen LogP contribution in [0.2, 0.25) is 10.0 Å². The molecule has 8 heteroatoms. The van der Waals surface area contributed by atoms with Crippen LogP contribution in [0.15, 0.2) is 42.5 Å². The third kappa shape index (κ3) is 3.22. The van der Waals surface area contributed by atoms with Crippen LogP contribution >= 0.6 is 23.2 Å². The zero-order valence-electron chi connectivity index (χ0n) is 14.0. The summed E-state index contributed by atoms with van der Waals surface area (Å²) >= 11 is 11.9. The molecular formula is C19H15Cl2N3O3. The Morgan fingerprint density at radius 2 is 1.93 bits per heavy atom. The van der Waals surface area contributed by atoms with Crippen LogP contribution in [0, 0.1) is 0 Å². The van der Waals surface area contributed by atoms with E-state index in [2.05, 4.69) is 10.3 Å². The molecule has 1 aromatic heterocycles. The van der Waals surface area contributed by atoms with E-state index in [1.165, 1.54) is 11.0 Å². The van der Waals surface area contributed by atoms with Crippen molar-refractivity contribution in [1.29, 1.82) is 0 Å². The molecule has 2 heterocycles. The number of anilines is 1. The molecule has 0 spiro atoms. The van der Waals surface area contributed by atoms with Crippen LogP contribution in [0.5, 0.6) is 0 Å². The molecule has 0 fully saturated rings. The van der Waals surface area contributed by atoms with Gasteiger partial charge in [0.1, 0.15) is 6.04 Å². The summed E-state index contributed by atoms with van der Waals surface area (Å²) in [6.45, 7) is 0.175. The fraction of sp³-hybridized carbons (Fsp3) is 0.158. The Hall–Kier alpha value is -2.70. The van der Waals surface area contributed by atoms with Gasteiger partial charge in [0.05, 0.1) is 16.6 Å². The summed E-state index contributed by atoms with van der Waals surface area (Å²) in [7, 11) is 0. The van der Waals surface area contributed by atoms with Gasteiger partial charge in [-0.2, -0.15) is 0 Å². The molecule has 1 unspecified atom stereocenters. The van der Waals surface area contributed by atoms with Gasteiger partial charge < -0.3 is 20.3 Å². The Balaban J connectivity index is 1.65. The monoisotopic (exact) mass is 403 g/mol. The van der Waals surface area contributed by atoms with Crippen molar-refractivity contribution in [2.75, 3.05) is 5.32 Å². The summed E-state index contributed by atoms with van der Waals surface area (Å²) in [5.74, 6) is -1.05. The Morgan fingerprint density at radius 3 is 2.67 bits per heavy atom. The number of hydrogen-bond acceptors (Lipinski definition) is 2. The summed E-state index contributed by atoms with van der Waals surface area (Å²) < 4.78 is 0. The molecule has 2 amide bonds. The minimum Gasteiger partial charge on any atom is -0.480 e. The number of H-pyrrole nitrogens is 1. The minimum absolute atomic E-state index is 0.175. The lowest BCUT2D eigenvalue weighted by molar-refractivity contribution is -0.142. The molecule has 0 radical (unpaired) electrons. The molecule has 0 saturated heterocycles. The van der Waals surface area contributed by atoms with Gasteiger partial charge in [0.25, 0.3) is 0 Å². The second-order valence-electron chi connectivity index (χ2n) is 6.37. The summed E-state index contributed by atoms with van der Waals surface area (Å²) in [5.41, 5.74) is 3.16. The van der Waals surface area contributed by atoms with E-state index >= 15 is 0 Å². The normalized spacial score (nSPS) is 16.2. The first-order chi connectivity index (χ1) is 12.9. The van der Waals surface area contributed by atoms with Gasteiger partial charge >= 0.3 is 12.0 Å². The summed E-state index contributed by atoms with van der Waals surface area (Å²) in [4.78, 5) is 29.2. The first-order valence-corrected chi connectivity index (χ1v) is 9.03. The van der Waals surface area contributed by atoms with E-state index in [1.54, 1.807) is 12.1 Å². The highest BCUT2D eigenvalue weighted by Crippen LogP contribution is 2.31. The van der Waals surface area contributed by atoms with Crippen molar-refractivity contribution in [1.82, 2.24) is 9.88 Å². The van der Waals surface area contributed by atoms with E-state index in [9.17, 15) is 14.7 Å². The van der Waals surface area contributed by atoms with E-state index in [0.717, 1.165) is 22.2 Å². The number of fused-ring (bicyclic) bond motifs is 3. The topological polar surface area (TPSA) is 85.4 Å². The maximum Gasteiger partial charge on any atom is 0.326 e. The number of aromatic amines is 1. The van der Waals surface area contributed by atoms with Crippen molar-refractivity contribution in [2.24, 2.45) is 0 Å². The molecule has 4 rings (SSSR count). The second-order valence-corrected chi connectivity index (χ2v) is 7.19. The molecule has 1 aliphatic rings. The number of halogens is 2. The summed E-state index contributed by atoms with van der Waals surface area (Å²) in [6.07, 6.45) is 0.240. The van der Waals surface area contributed by atoms with Gasteiger partial charge in [0, 0.05) is 28.7 Å². The highest BCUT2D eigenvalue weighted by molar-refractivity contribution is 6.42. The number of para-hydroxylation sites is 1. The SMILES string of the molecule is O=C(O)C1Cc2c([nH]c3ccccc23)CN1C(=O)Nc1ccc(Cl)c(Cl)c1. The number of benzene rings is 2. The van der Waals surface area contributed by atoms with Crippen molar-refractivity contribution in [3.05, 3.63) is 63.8 Å². The van der Waals surface area contributed by atoms with Crippen LogP contribution in [-0.2, 0) is 17.8 Å². The predicted molar refractivity (Wildman–Crippen MR) is 104 cm³/mol. The van der Waals surface area contributed by atoms with Crippen LogP contribution in [0.3, 0.4) is 0 Å².